The second-order valence-electron chi connectivity index (χ2n) is 3.99. The van der Waals surface area contributed by atoms with Gasteiger partial charge in [0.25, 0.3) is 5.91 Å². The third-order valence-corrected chi connectivity index (χ3v) is 2.66. The molecule has 1 N–H and O–H groups in total. The molecule has 4 nitrogen and oxygen atoms in total. The fourth-order valence-electron chi connectivity index (χ4n) is 1.71. The third kappa shape index (κ3) is 2.23. The maximum atomic E-state index is 11.8. The van der Waals surface area contributed by atoms with Crippen molar-refractivity contribution >= 4 is 5.91 Å². The number of likely N-dealkylation sites (tertiary alicyclic amines) is 1. The standard InChI is InChI=1S/C12H15NO3/c1-16-8-9-2-4-10(5-3-9)12(15)13-6-11(14)7-13/h2-5,11,14H,6-8H2,1H3. The normalized spacial score (nSPS) is 16.0. The molecule has 0 aliphatic carbocycles. The Labute approximate surface area is 94.4 Å². The van der Waals surface area contributed by atoms with Crippen LogP contribution in [-0.4, -0.2) is 42.2 Å². The van der Waals surface area contributed by atoms with E-state index >= 15 is 0 Å². The molecule has 0 saturated carbocycles. The summed E-state index contributed by atoms with van der Waals surface area (Å²) in [7, 11) is 1.64. The molecule has 1 aromatic rings. The second-order valence-corrected chi connectivity index (χ2v) is 3.99. The Hall–Kier alpha value is -1.39. The smallest absolute Gasteiger partial charge is 0.254 e. The maximum absolute atomic E-state index is 11.8. The molecule has 1 amide bonds. The maximum Gasteiger partial charge on any atom is 0.254 e. The van der Waals surface area contributed by atoms with Gasteiger partial charge in [-0.3, -0.25) is 4.79 Å². The predicted molar refractivity (Wildman–Crippen MR) is 59.1 cm³/mol. The van der Waals surface area contributed by atoms with Crippen molar-refractivity contribution in [2.45, 2.75) is 12.7 Å². The Balaban J connectivity index is 2.01. The van der Waals surface area contributed by atoms with Gasteiger partial charge in [0.05, 0.1) is 12.7 Å². The summed E-state index contributed by atoms with van der Waals surface area (Å²) in [4.78, 5) is 13.5. The van der Waals surface area contributed by atoms with Crippen LogP contribution in [0.25, 0.3) is 0 Å². The van der Waals surface area contributed by atoms with Crippen LogP contribution < -0.4 is 0 Å². The van der Waals surface area contributed by atoms with Crippen LogP contribution in [0.2, 0.25) is 0 Å². The van der Waals surface area contributed by atoms with Gasteiger partial charge in [-0.2, -0.15) is 0 Å². The summed E-state index contributed by atoms with van der Waals surface area (Å²) in [6, 6.07) is 7.35. The summed E-state index contributed by atoms with van der Waals surface area (Å²) in [5.74, 6) is -0.0192. The van der Waals surface area contributed by atoms with Crippen LogP contribution in [0.4, 0.5) is 0 Å². The molecule has 1 aliphatic heterocycles. The van der Waals surface area contributed by atoms with Crippen molar-refractivity contribution in [3.05, 3.63) is 35.4 Å². The molecular weight excluding hydrogens is 206 g/mol. The summed E-state index contributed by atoms with van der Waals surface area (Å²) in [5.41, 5.74) is 1.70. The molecule has 0 atom stereocenters. The molecule has 1 aliphatic rings. The molecule has 0 unspecified atom stereocenters. The first-order valence-corrected chi connectivity index (χ1v) is 5.26. The predicted octanol–water partition coefficient (Wildman–Crippen LogP) is 0.650. The van der Waals surface area contributed by atoms with E-state index in [0.717, 1.165) is 5.56 Å². The highest BCUT2D eigenvalue weighted by Crippen LogP contribution is 2.14. The number of aliphatic hydroxyl groups is 1. The number of benzene rings is 1. The monoisotopic (exact) mass is 221 g/mol. The van der Waals surface area contributed by atoms with E-state index in [-0.39, 0.29) is 12.0 Å². The van der Waals surface area contributed by atoms with Gasteiger partial charge in [-0.15, -0.1) is 0 Å². The lowest BCUT2D eigenvalue weighted by molar-refractivity contribution is 0.00589. The fourth-order valence-corrected chi connectivity index (χ4v) is 1.71. The van der Waals surface area contributed by atoms with Gasteiger partial charge in [0.15, 0.2) is 0 Å². The lowest BCUT2D eigenvalue weighted by atomic mass is 10.1. The first-order chi connectivity index (χ1) is 7.70. The summed E-state index contributed by atoms with van der Waals surface area (Å²) < 4.78 is 4.99. The van der Waals surface area contributed by atoms with Crippen molar-refractivity contribution in [3.8, 4) is 0 Å². The van der Waals surface area contributed by atoms with Crippen LogP contribution in [0.15, 0.2) is 24.3 Å². The lowest BCUT2D eigenvalue weighted by Crippen LogP contribution is -2.53. The van der Waals surface area contributed by atoms with Crippen LogP contribution in [-0.2, 0) is 11.3 Å². The van der Waals surface area contributed by atoms with Gasteiger partial charge in [-0.1, -0.05) is 12.1 Å². The highest BCUT2D eigenvalue weighted by atomic mass is 16.5. The zero-order valence-corrected chi connectivity index (χ0v) is 9.22. The Bertz CT molecular complexity index is 368. The van der Waals surface area contributed by atoms with E-state index in [0.29, 0.717) is 25.3 Å². The van der Waals surface area contributed by atoms with Crippen molar-refractivity contribution in [2.24, 2.45) is 0 Å². The number of β-amino-alcohol motifs (C(OH)–C–C–N with tert-alkyl or cyclic N) is 1. The molecule has 0 radical (unpaired) electrons. The Morgan fingerprint density at radius 2 is 2.06 bits per heavy atom. The number of ether oxygens (including phenoxy) is 1. The van der Waals surface area contributed by atoms with E-state index in [1.165, 1.54) is 0 Å². The highest BCUT2D eigenvalue weighted by molar-refractivity contribution is 5.94. The highest BCUT2D eigenvalue weighted by Gasteiger charge is 2.29. The average molecular weight is 221 g/mol. The number of carbonyl (C=O) groups is 1. The Morgan fingerprint density at radius 1 is 1.44 bits per heavy atom. The second kappa shape index (κ2) is 4.63. The van der Waals surface area contributed by atoms with Gasteiger partial charge < -0.3 is 14.7 Å². The molecule has 0 bridgehead atoms. The largest absolute Gasteiger partial charge is 0.389 e. The van der Waals surface area contributed by atoms with E-state index in [9.17, 15) is 4.79 Å². The van der Waals surface area contributed by atoms with E-state index in [1.807, 2.05) is 12.1 Å². The lowest BCUT2D eigenvalue weighted by Gasteiger charge is -2.35. The van der Waals surface area contributed by atoms with Crippen molar-refractivity contribution in [2.75, 3.05) is 20.2 Å². The molecule has 1 saturated heterocycles. The van der Waals surface area contributed by atoms with Gasteiger partial charge in [0, 0.05) is 25.8 Å². The van der Waals surface area contributed by atoms with Crippen LogP contribution in [0.3, 0.4) is 0 Å². The Morgan fingerprint density at radius 3 is 2.56 bits per heavy atom. The van der Waals surface area contributed by atoms with E-state index < -0.39 is 0 Å². The summed E-state index contributed by atoms with van der Waals surface area (Å²) in [6.45, 7) is 1.44. The number of aliphatic hydroxyl groups excluding tert-OH is 1. The summed E-state index contributed by atoms with van der Waals surface area (Å²) in [6.07, 6.45) is -0.350. The SMILES string of the molecule is COCc1ccc(C(=O)N2CC(O)C2)cc1. The molecule has 2 rings (SSSR count). The first kappa shape index (κ1) is 11.1. The first-order valence-electron chi connectivity index (χ1n) is 5.26. The number of methoxy groups -OCH3 is 1. The molecule has 1 fully saturated rings. The molecule has 16 heavy (non-hydrogen) atoms. The molecule has 1 heterocycles. The van der Waals surface area contributed by atoms with Crippen LogP contribution in [0.1, 0.15) is 15.9 Å². The quantitative estimate of drug-likeness (QED) is 0.815. The summed E-state index contributed by atoms with van der Waals surface area (Å²) >= 11 is 0. The number of hydrogen-bond acceptors (Lipinski definition) is 3. The molecule has 4 heteroatoms. The van der Waals surface area contributed by atoms with Crippen molar-refractivity contribution in [3.63, 3.8) is 0 Å². The minimum absolute atomic E-state index is 0.0192. The molecule has 1 aromatic carbocycles. The van der Waals surface area contributed by atoms with Crippen LogP contribution in [0.5, 0.6) is 0 Å². The van der Waals surface area contributed by atoms with Gasteiger partial charge in [-0.05, 0) is 17.7 Å². The van der Waals surface area contributed by atoms with Gasteiger partial charge in [0.1, 0.15) is 0 Å². The average Bonchev–Trinajstić information content (AvgIpc) is 2.25. The topological polar surface area (TPSA) is 49.8 Å². The van der Waals surface area contributed by atoms with E-state index in [2.05, 4.69) is 0 Å². The van der Waals surface area contributed by atoms with Crippen molar-refractivity contribution < 1.29 is 14.6 Å². The number of nitrogens with zero attached hydrogens (tertiary/aromatic N) is 1. The number of hydrogen-bond donors (Lipinski definition) is 1. The number of amides is 1. The van der Waals surface area contributed by atoms with E-state index in [1.54, 1.807) is 24.1 Å². The van der Waals surface area contributed by atoms with Crippen LogP contribution >= 0.6 is 0 Å². The van der Waals surface area contributed by atoms with Crippen LogP contribution in [0, 0.1) is 0 Å². The van der Waals surface area contributed by atoms with Gasteiger partial charge >= 0.3 is 0 Å². The zero-order valence-electron chi connectivity index (χ0n) is 9.22. The van der Waals surface area contributed by atoms with E-state index in [4.69, 9.17) is 9.84 Å². The molecule has 86 valence electrons. The minimum Gasteiger partial charge on any atom is -0.389 e. The zero-order chi connectivity index (χ0) is 11.5. The van der Waals surface area contributed by atoms with Crippen molar-refractivity contribution in [1.29, 1.82) is 0 Å². The summed E-state index contributed by atoms with van der Waals surface area (Å²) in [5, 5.41) is 9.12. The number of rotatable bonds is 3. The molecular formula is C12H15NO3. The molecule has 0 aromatic heterocycles. The molecule has 0 spiro atoms. The Kier molecular flexibility index (Phi) is 3.22. The van der Waals surface area contributed by atoms with Gasteiger partial charge in [0.2, 0.25) is 0 Å². The fraction of sp³-hybridized carbons (Fsp3) is 0.417. The van der Waals surface area contributed by atoms with Crippen molar-refractivity contribution in [1.82, 2.24) is 4.90 Å². The number of carbonyl (C=O) groups excluding carboxylic acids is 1. The minimum atomic E-state index is -0.350. The third-order valence-electron chi connectivity index (χ3n) is 2.66. The van der Waals surface area contributed by atoms with Gasteiger partial charge in [-0.25, -0.2) is 0 Å².